The first-order valence-electron chi connectivity index (χ1n) is 8.44. The molecule has 8 nitrogen and oxygen atoms in total. The maximum Gasteiger partial charge on any atom is 0.293 e. The number of benzene rings is 1. The quantitative estimate of drug-likeness (QED) is 0.605. The molecule has 1 N–H and O–H groups in total. The van der Waals surface area contributed by atoms with Gasteiger partial charge in [-0.3, -0.25) is 19.3 Å². The molecule has 1 aromatic heterocycles. The lowest BCUT2D eigenvalue weighted by atomic mass is 10.2. The van der Waals surface area contributed by atoms with Crippen molar-refractivity contribution in [3.05, 3.63) is 51.2 Å². The van der Waals surface area contributed by atoms with Crippen molar-refractivity contribution in [1.82, 2.24) is 10.2 Å². The van der Waals surface area contributed by atoms with E-state index in [1.54, 1.807) is 30.3 Å². The fourth-order valence-corrected chi connectivity index (χ4v) is 3.76. The Morgan fingerprint density at radius 2 is 1.97 bits per heavy atom. The molecule has 2 heterocycles. The second-order valence-corrected chi connectivity index (χ2v) is 7.58. The van der Waals surface area contributed by atoms with Crippen LogP contribution in [-0.2, 0) is 4.79 Å². The molecule has 0 atom stereocenters. The van der Waals surface area contributed by atoms with Crippen LogP contribution in [0.25, 0.3) is 6.08 Å². The van der Waals surface area contributed by atoms with Gasteiger partial charge in [0.2, 0.25) is 0 Å². The van der Waals surface area contributed by atoms with Crippen molar-refractivity contribution in [2.75, 3.05) is 27.3 Å². The highest BCUT2D eigenvalue weighted by Gasteiger charge is 2.34. The average Bonchev–Trinajstić information content (AvgIpc) is 3.26. The van der Waals surface area contributed by atoms with Gasteiger partial charge < -0.3 is 19.2 Å². The van der Waals surface area contributed by atoms with Crippen LogP contribution >= 0.6 is 27.7 Å². The van der Waals surface area contributed by atoms with Crippen LogP contribution in [0, 0.1) is 0 Å². The molecule has 2 aromatic rings. The zero-order valence-electron chi connectivity index (χ0n) is 15.6. The van der Waals surface area contributed by atoms with E-state index in [1.165, 1.54) is 20.3 Å². The van der Waals surface area contributed by atoms with Gasteiger partial charge in [0.1, 0.15) is 0 Å². The summed E-state index contributed by atoms with van der Waals surface area (Å²) in [6.07, 6.45) is 1.62. The number of thioether (sulfide) groups is 1. The molecule has 0 radical (unpaired) electrons. The van der Waals surface area contributed by atoms with Gasteiger partial charge >= 0.3 is 0 Å². The first-order valence-corrected chi connectivity index (χ1v) is 10.0. The number of hydrogen-bond donors (Lipinski definition) is 1. The first-order chi connectivity index (χ1) is 13.9. The van der Waals surface area contributed by atoms with Crippen molar-refractivity contribution in [2.24, 2.45) is 0 Å². The molecule has 1 aliphatic rings. The van der Waals surface area contributed by atoms with E-state index >= 15 is 0 Å². The highest BCUT2D eigenvalue weighted by molar-refractivity contribution is 9.10. The maximum atomic E-state index is 12.6. The molecule has 0 unspecified atom stereocenters. The first kappa shape index (κ1) is 21.0. The third-order valence-corrected chi connectivity index (χ3v) is 5.33. The number of nitrogens with zero attached hydrogens (tertiary/aromatic N) is 1. The van der Waals surface area contributed by atoms with Gasteiger partial charge in [-0.15, -0.1) is 0 Å². The molecule has 10 heteroatoms. The van der Waals surface area contributed by atoms with Crippen molar-refractivity contribution in [3.8, 4) is 11.5 Å². The number of furan rings is 1. The van der Waals surface area contributed by atoms with Gasteiger partial charge in [0.05, 0.1) is 19.1 Å². The number of carbonyl (C=O) groups excluding carboxylic acids is 3. The molecule has 0 spiro atoms. The number of ether oxygens (including phenoxy) is 2. The van der Waals surface area contributed by atoms with Crippen LogP contribution in [0.2, 0.25) is 0 Å². The van der Waals surface area contributed by atoms with Gasteiger partial charge in [-0.1, -0.05) is 6.07 Å². The number of nitrogens with one attached hydrogen (secondary N) is 1. The Kier molecular flexibility index (Phi) is 6.65. The molecule has 1 saturated heterocycles. The number of imide groups is 1. The monoisotopic (exact) mass is 480 g/mol. The van der Waals surface area contributed by atoms with E-state index in [4.69, 9.17) is 13.9 Å². The van der Waals surface area contributed by atoms with Crippen LogP contribution in [-0.4, -0.2) is 49.3 Å². The Bertz CT molecular complexity index is 987. The Balaban J connectivity index is 1.63. The summed E-state index contributed by atoms with van der Waals surface area (Å²) in [7, 11) is 3.05. The lowest BCUT2D eigenvalue weighted by molar-refractivity contribution is -0.122. The smallest absolute Gasteiger partial charge is 0.293 e. The van der Waals surface area contributed by atoms with E-state index in [2.05, 4.69) is 21.2 Å². The number of carbonyl (C=O) groups is 3. The summed E-state index contributed by atoms with van der Waals surface area (Å²) < 4.78 is 16.0. The predicted molar refractivity (Wildman–Crippen MR) is 111 cm³/mol. The maximum absolute atomic E-state index is 12.6. The molecule has 1 aromatic carbocycles. The molecule has 1 aliphatic heterocycles. The summed E-state index contributed by atoms with van der Waals surface area (Å²) >= 11 is 3.97. The van der Waals surface area contributed by atoms with Crippen molar-refractivity contribution in [3.63, 3.8) is 0 Å². The van der Waals surface area contributed by atoms with Gasteiger partial charge in [0.15, 0.2) is 21.9 Å². The lowest BCUT2D eigenvalue weighted by Gasteiger charge is -2.12. The van der Waals surface area contributed by atoms with Gasteiger partial charge in [0, 0.05) is 13.1 Å². The van der Waals surface area contributed by atoms with E-state index < -0.39 is 17.1 Å². The second-order valence-electron chi connectivity index (χ2n) is 5.81. The Labute approximate surface area is 179 Å². The van der Waals surface area contributed by atoms with Crippen LogP contribution < -0.4 is 14.8 Å². The molecule has 0 saturated carbocycles. The summed E-state index contributed by atoms with van der Waals surface area (Å²) in [6, 6.07) is 8.32. The van der Waals surface area contributed by atoms with Gasteiger partial charge in [-0.25, -0.2) is 0 Å². The lowest BCUT2D eigenvalue weighted by Crippen LogP contribution is -2.37. The van der Waals surface area contributed by atoms with Crippen molar-refractivity contribution < 1.29 is 28.3 Å². The normalized spacial score (nSPS) is 15.1. The zero-order chi connectivity index (χ0) is 21.0. The fourth-order valence-electron chi connectivity index (χ4n) is 2.59. The van der Waals surface area contributed by atoms with Crippen LogP contribution in [0.5, 0.6) is 11.5 Å². The number of methoxy groups -OCH3 is 2. The largest absolute Gasteiger partial charge is 0.493 e. The van der Waals surface area contributed by atoms with Crippen LogP contribution in [0.1, 0.15) is 16.1 Å². The van der Waals surface area contributed by atoms with Crippen LogP contribution in [0.15, 0.2) is 44.3 Å². The predicted octanol–water partition coefficient (Wildman–Crippen LogP) is 3.53. The van der Waals surface area contributed by atoms with E-state index in [-0.39, 0.29) is 18.8 Å². The molecule has 1 fully saturated rings. The van der Waals surface area contributed by atoms with E-state index in [9.17, 15) is 14.4 Å². The number of halogens is 1. The molecule has 152 valence electrons. The standard InChI is InChI=1S/C19H17BrN2O6S/c1-26-12-4-3-11(9-14(12)27-2)10-15-18(24)22(19(25)29-15)8-7-21-17(23)13-5-6-16(20)28-13/h3-6,9-10H,7-8H2,1-2H3,(H,21,23). The third-order valence-electron chi connectivity index (χ3n) is 4.00. The van der Waals surface area contributed by atoms with E-state index in [1.807, 2.05) is 0 Å². The average molecular weight is 481 g/mol. The summed E-state index contributed by atoms with van der Waals surface area (Å²) in [6.45, 7) is 0.167. The minimum Gasteiger partial charge on any atom is -0.493 e. The van der Waals surface area contributed by atoms with E-state index in [0.717, 1.165) is 16.7 Å². The summed E-state index contributed by atoms with van der Waals surface area (Å²) in [5.74, 6) is 0.387. The van der Waals surface area contributed by atoms with E-state index in [0.29, 0.717) is 26.6 Å². The highest BCUT2D eigenvalue weighted by Crippen LogP contribution is 2.34. The minimum absolute atomic E-state index is 0.0571. The van der Waals surface area contributed by atoms with Gasteiger partial charge in [0.25, 0.3) is 17.1 Å². The number of amides is 3. The van der Waals surface area contributed by atoms with Crippen molar-refractivity contribution in [1.29, 1.82) is 0 Å². The van der Waals surface area contributed by atoms with Crippen LogP contribution in [0.4, 0.5) is 4.79 Å². The summed E-state index contributed by atoms with van der Waals surface area (Å²) in [5.41, 5.74) is 0.699. The zero-order valence-corrected chi connectivity index (χ0v) is 18.0. The molecular weight excluding hydrogens is 464 g/mol. The molecular formula is C19H17BrN2O6S. The molecule has 0 bridgehead atoms. The molecule has 0 aliphatic carbocycles. The Hall–Kier alpha value is -2.72. The van der Waals surface area contributed by atoms with Crippen LogP contribution in [0.3, 0.4) is 0 Å². The summed E-state index contributed by atoms with van der Waals surface area (Å²) in [5, 5.41) is 2.22. The van der Waals surface area contributed by atoms with Gasteiger partial charge in [-0.2, -0.15) is 0 Å². The van der Waals surface area contributed by atoms with Crippen molar-refractivity contribution in [2.45, 2.75) is 0 Å². The number of hydrogen-bond acceptors (Lipinski definition) is 7. The Morgan fingerprint density at radius 1 is 1.21 bits per heavy atom. The second kappa shape index (κ2) is 9.19. The molecule has 29 heavy (non-hydrogen) atoms. The molecule has 3 rings (SSSR count). The summed E-state index contributed by atoms with van der Waals surface area (Å²) in [4.78, 5) is 38.1. The Morgan fingerprint density at radius 3 is 2.62 bits per heavy atom. The number of rotatable bonds is 7. The molecule has 3 amide bonds. The van der Waals surface area contributed by atoms with Gasteiger partial charge in [-0.05, 0) is 63.6 Å². The minimum atomic E-state index is -0.427. The van der Waals surface area contributed by atoms with Crippen molar-refractivity contribution >= 4 is 50.8 Å². The fraction of sp³-hybridized carbons (Fsp3) is 0.211. The SMILES string of the molecule is COc1ccc(C=C2SC(=O)N(CCNC(=O)c3ccc(Br)o3)C2=O)cc1OC. The topological polar surface area (TPSA) is 98.1 Å². The highest BCUT2D eigenvalue weighted by atomic mass is 79.9. The third kappa shape index (κ3) is 4.83.